The van der Waals surface area contributed by atoms with Crippen LogP contribution in [0, 0.1) is 0 Å². The van der Waals surface area contributed by atoms with E-state index in [2.05, 4.69) is 17.9 Å². The molecule has 0 saturated carbocycles. The lowest BCUT2D eigenvalue weighted by atomic mass is 10.2. The third-order valence-electron chi connectivity index (χ3n) is 2.38. The zero-order valence-electron chi connectivity index (χ0n) is 12.5. The minimum absolute atomic E-state index is 0.134. The Kier molecular flexibility index (Phi) is 6.55. The topological polar surface area (TPSA) is 64.6 Å². The van der Waals surface area contributed by atoms with Crippen molar-refractivity contribution in [1.82, 2.24) is 5.32 Å². The molecule has 5 nitrogen and oxygen atoms in total. The molecule has 0 heterocycles. The Labute approximate surface area is 130 Å². The summed E-state index contributed by atoms with van der Waals surface area (Å²) in [6, 6.07) is 8.44. The van der Waals surface area contributed by atoms with Crippen LogP contribution in [0.2, 0.25) is 0 Å². The van der Waals surface area contributed by atoms with Crippen molar-refractivity contribution in [3.8, 4) is 0 Å². The smallest absolute Gasteiger partial charge is 0.408 e. The number of carbonyl (C=O) groups excluding carboxylic acids is 2. The third-order valence-corrected chi connectivity index (χ3v) is 2.74. The molecule has 1 atom stereocenters. The first-order valence-corrected chi connectivity index (χ1v) is 7.26. The lowest BCUT2D eigenvalue weighted by Gasteiger charge is -2.23. The second kappa shape index (κ2) is 7.93. The summed E-state index contributed by atoms with van der Waals surface area (Å²) in [5.74, 6) is -0.399. The predicted octanol–water partition coefficient (Wildman–Crippen LogP) is 2.55. The molecule has 6 heteroatoms. The van der Waals surface area contributed by atoms with Crippen molar-refractivity contribution >= 4 is 24.7 Å². The zero-order chi connectivity index (χ0) is 15.9. The van der Waals surface area contributed by atoms with Gasteiger partial charge < -0.3 is 14.8 Å². The predicted molar refractivity (Wildman–Crippen MR) is 83.2 cm³/mol. The van der Waals surface area contributed by atoms with Crippen molar-refractivity contribution in [2.75, 3.05) is 5.75 Å². The molecule has 1 aromatic rings. The molecule has 1 aromatic carbocycles. The molecule has 0 aromatic heterocycles. The van der Waals surface area contributed by atoms with Gasteiger partial charge in [-0.25, -0.2) is 9.59 Å². The maximum absolute atomic E-state index is 11.9. The van der Waals surface area contributed by atoms with Gasteiger partial charge in [-0.05, 0) is 26.3 Å². The highest BCUT2D eigenvalue weighted by Gasteiger charge is 2.26. The molecule has 1 N–H and O–H groups in total. The summed E-state index contributed by atoms with van der Waals surface area (Å²) < 4.78 is 10.2. The fraction of sp³-hybridized carbons (Fsp3) is 0.467. The number of alkyl carbamates (subject to hydrolysis) is 1. The van der Waals surface area contributed by atoms with Crippen LogP contribution in [-0.2, 0) is 20.9 Å². The van der Waals surface area contributed by atoms with Crippen LogP contribution in [0.15, 0.2) is 30.3 Å². The van der Waals surface area contributed by atoms with Gasteiger partial charge in [0.05, 0.1) is 0 Å². The molecular weight excluding hydrogens is 290 g/mol. The fourth-order valence-corrected chi connectivity index (χ4v) is 1.70. The monoisotopic (exact) mass is 311 g/mol. The molecule has 0 aliphatic heterocycles. The number of esters is 1. The van der Waals surface area contributed by atoms with E-state index < -0.39 is 23.7 Å². The summed E-state index contributed by atoms with van der Waals surface area (Å²) in [5.41, 5.74) is 0.251. The summed E-state index contributed by atoms with van der Waals surface area (Å²) in [6.45, 7) is 5.41. The summed E-state index contributed by atoms with van der Waals surface area (Å²) in [7, 11) is 0. The molecule has 0 bridgehead atoms. The van der Waals surface area contributed by atoms with Crippen LogP contribution in [0.3, 0.4) is 0 Å². The van der Waals surface area contributed by atoms with Gasteiger partial charge in [-0.2, -0.15) is 12.6 Å². The standard InChI is InChI=1S/C15H21NO4S/c1-15(2,3)20-13(17)12(10-21)16-14(18)19-9-11-7-5-4-6-8-11/h4-8,12,21H,9-10H2,1-3H3,(H,16,18)/t12-/m0/s1. The molecule has 0 spiro atoms. The van der Waals surface area contributed by atoms with Crippen LogP contribution in [0.4, 0.5) is 4.79 Å². The molecule has 0 unspecified atom stereocenters. The number of nitrogens with one attached hydrogen (secondary N) is 1. The summed E-state index contributed by atoms with van der Waals surface area (Å²) in [4.78, 5) is 23.5. The first-order chi connectivity index (χ1) is 9.81. The Morgan fingerprint density at radius 2 is 1.86 bits per heavy atom. The normalized spacial score (nSPS) is 12.4. The van der Waals surface area contributed by atoms with Crippen LogP contribution in [0.25, 0.3) is 0 Å². The molecule has 0 aliphatic carbocycles. The lowest BCUT2D eigenvalue weighted by molar-refractivity contribution is -0.156. The molecule has 1 rings (SSSR count). The van der Waals surface area contributed by atoms with Gasteiger partial charge in [0.25, 0.3) is 0 Å². The Morgan fingerprint density at radius 1 is 1.24 bits per heavy atom. The number of thiol groups is 1. The maximum Gasteiger partial charge on any atom is 0.408 e. The SMILES string of the molecule is CC(C)(C)OC(=O)[C@H](CS)NC(=O)OCc1ccccc1. The van der Waals surface area contributed by atoms with Crippen molar-refractivity contribution in [2.45, 2.75) is 39.0 Å². The van der Waals surface area contributed by atoms with E-state index in [1.165, 1.54) is 0 Å². The molecule has 116 valence electrons. The minimum Gasteiger partial charge on any atom is -0.458 e. The van der Waals surface area contributed by atoms with Crippen LogP contribution in [-0.4, -0.2) is 29.5 Å². The molecule has 0 radical (unpaired) electrons. The molecule has 21 heavy (non-hydrogen) atoms. The Morgan fingerprint density at radius 3 is 2.38 bits per heavy atom. The number of hydrogen-bond donors (Lipinski definition) is 2. The highest BCUT2D eigenvalue weighted by atomic mass is 32.1. The van der Waals surface area contributed by atoms with Crippen molar-refractivity contribution in [2.24, 2.45) is 0 Å². The molecule has 0 fully saturated rings. The first kappa shape index (κ1) is 17.4. The van der Waals surface area contributed by atoms with Gasteiger partial charge in [-0.3, -0.25) is 0 Å². The molecule has 0 saturated heterocycles. The van der Waals surface area contributed by atoms with E-state index in [1.54, 1.807) is 20.8 Å². The van der Waals surface area contributed by atoms with E-state index in [0.29, 0.717) is 0 Å². The van der Waals surface area contributed by atoms with E-state index in [9.17, 15) is 9.59 Å². The van der Waals surface area contributed by atoms with E-state index in [1.807, 2.05) is 30.3 Å². The zero-order valence-corrected chi connectivity index (χ0v) is 13.4. The minimum atomic E-state index is -0.837. The first-order valence-electron chi connectivity index (χ1n) is 6.63. The van der Waals surface area contributed by atoms with Gasteiger partial charge in [-0.15, -0.1) is 0 Å². The van der Waals surface area contributed by atoms with Gasteiger partial charge in [0.15, 0.2) is 0 Å². The summed E-state index contributed by atoms with van der Waals surface area (Å²) in [5, 5.41) is 2.45. The van der Waals surface area contributed by atoms with Gasteiger partial charge in [0.2, 0.25) is 0 Å². The third kappa shape index (κ3) is 7.04. The number of amides is 1. The van der Waals surface area contributed by atoms with Crippen molar-refractivity contribution in [1.29, 1.82) is 0 Å². The Hall–Kier alpha value is -1.69. The Balaban J connectivity index is 2.45. The van der Waals surface area contributed by atoms with E-state index >= 15 is 0 Å². The lowest BCUT2D eigenvalue weighted by Crippen LogP contribution is -2.45. The van der Waals surface area contributed by atoms with Gasteiger partial charge in [0.1, 0.15) is 18.2 Å². The van der Waals surface area contributed by atoms with Crippen LogP contribution in [0.5, 0.6) is 0 Å². The number of carbonyl (C=O) groups is 2. The van der Waals surface area contributed by atoms with Gasteiger partial charge in [-0.1, -0.05) is 30.3 Å². The molecular formula is C15H21NO4S. The van der Waals surface area contributed by atoms with E-state index in [-0.39, 0.29) is 12.4 Å². The second-order valence-electron chi connectivity index (χ2n) is 5.47. The largest absolute Gasteiger partial charge is 0.458 e. The van der Waals surface area contributed by atoms with Crippen molar-refractivity contribution in [3.05, 3.63) is 35.9 Å². The number of benzene rings is 1. The number of hydrogen-bond acceptors (Lipinski definition) is 5. The highest BCUT2D eigenvalue weighted by Crippen LogP contribution is 2.09. The van der Waals surface area contributed by atoms with Crippen LogP contribution >= 0.6 is 12.6 Å². The quantitative estimate of drug-likeness (QED) is 0.648. The number of ether oxygens (including phenoxy) is 2. The van der Waals surface area contributed by atoms with Crippen molar-refractivity contribution < 1.29 is 19.1 Å². The van der Waals surface area contributed by atoms with Gasteiger partial charge in [0, 0.05) is 5.75 Å². The Bertz CT molecular complexity index is 470. The van der Waals surface area contributed by atoms with Crippen molar-refractivity contribution in [3.63, 3.8) is 0 Å². The highest BCUT2D eigenvalue weighted by molar-refractivity contribution is 7.80. The number of rotatable bonds is 5. The van der Waals surface area contributed by atoms with Crippen LogP contribution < -0.4 is 5.32 Å². The second-order valence-corrected chi connectivity index (χ2v) is 5.84. The average molecular weight is 311 g/mol. The average Bonchev–Trinajstić information content (AvgIpc) is 2.41. The maximum atomic E-state index is 11.9. The van der Waals surface area contributed by atoms with Gasteiger partial charge >= 0.3 is 12.1 Å². The molecule has 0 aliphatic rings. The summed E-state index contributed by atoms with van der Waals surface area (Å²) in [6.07, 6.45) is -0.677. The summed E-state index contributed by atoms with van der Waals surface area (Å²) >= 11 is 4.05. The van der Waals surface area contributed by atoms with E-state index in [4.69, 9.17) is 9.47 Å². The molecule has 1 amide bonds. The van der Waals surface area contributed by atoms with E-state index in [0.717, 1.165) is 5.56 Å². The van der Waals surface area contributed by atoms with Crippen LogP contribution in [0.1, 0.15) is 26.3 Å². The fourth-order valence-electron chi connectivity index (χ4n) is 1.46.